The predicted molar refractivity (Wildman–Crippen MR) is 103 cm³/mol. The van der Waals surface area contributed by atoms with Gasteiger partial charge in [0.25, 0.3) is 5.91 Å². The lowest BCUT2D eigenvalue weighted by Gasteiger charge is -2.30. The molecular weight excluding hydrogens is 346 g/mol. The molecule has 2 aromatic rings. The highest BCUT2D eigenvalue weighted by molar-refractivity contribution is 7.99. The van der Waals surface area contributed by atoms with Crippen molar-refractivity contribution in [3.8, 4) is 0 Å². The number of carbonyl (C=O) groups excluding carboxylic acids is 1. The maximum atomic E-state index is 12.1. The maximum absolute atomic E-state index is 12.1. The van der Waals surface area contributed by atoms with Crippen molar-refractivity contribution >= 4 is 29.2 Å². The molecule has 2 aliphatic rings. The Morgan fingerprint density at radius 1 is 1.12 bits per heavy atom. The Morgan fingerprint density at radius 3 is 2.73 bits per heavy atom. The molecule has 26 heavy (non-hydrogen) atoms. The molecular formula is C20H21N3O2S. The highest BCUT2D eigenvalue weighted by Crippen LogP contribution is 2.41. The highest BCUT2D eigenvalue weighted by atomic mass is 32.2. The molecule has 1 N–H and O–H groups in total. The number of hydrogen-bond acceptors (Lipinski definition) is 5. The highest BCUT2D eigenvalue weighted by Gasteiger charge is 2.23. The molecule has 5 nitrogen and oxygen atoms in total. The van der Waals surface area contributed by atoms with Crippen molar-refractivity contribution in [2.45, 2.75) is 29.1 Å². The van der Waals surface area contributed by atoms with E-state index in [0.717, 1.165) is 29.5 Å². The Kier molecular flexibility index (Phi) is 4.95. The molecule has 1 amide bonds. The van der Waals surface area contributed by atoms with Gasteiger partial charge in [-0.15, -0.1) is 0 Å². The summed E-state index contributed by atoms with van der Waals surface area (Å²) in [6.45, 7) is 2.05. The van der Waals surface area contributed by atoms with Crippen LogP contribution in [0.2, 0.25) is 0 Å². The van der Waals surface area contributed by atoms with E-state index in [2.05, 4.69) is 34.6 Å². The molecule has 4 rings (SSSR count). The van der Waals surface area contributed by atoms with Crippen LogP contribution in [-0.4, -0.2) is 36.8 Å². The number of likely N-dealkylation sites (tertiary alicyclic amines) is 1. The van der Waals surface area contributed by atoms with E-state index >= 15 is 0 Å². The van der Waals surface area contributed by atoms with Gasteiger partial charge in [0.05, 0.1) is 12.8 Å². The number of nitrogens with one attached hydrogen (secondary N) is 1. The summed E-state index contributed by atoms with van der Waals surface area (Å²) in [5.41, 5.74) is 4.91. The van der Waals surface area contributed by atoms with Crippen molar-refractivity contribution in [2.24, 2.45) is 4.99 Å². The summed E-state index contributed by atoms with van der Waals surface area (Å²) in [7, 11) is 1.43. The summed E-state index contributed by atoms with van der Waals surface area (Å²) in [4.78, 5) is 26.5. The van der Waals surface area contributed by atoms with Crippen molar-refractivity contribution in [3.05, 3.63) is 53.6 Å². The quantitative estimate of drug-likeness (QED) is 0.815. The molecule has 6 heteroatoms. The molecule has 1 fully saturated rings. The van der Waals surface area contributed by atoms with Crippen LogP contribution < -0.4 is 5.48 Å². The Morgan fingerprint density at radius 2 is 1.92 bits per heavy atom. The van der Waals surface area contributed by atoms with Gasteiger partial charge in [0.2, 0.25) is 0 Å². The average molecular weight is 367 g/mol. The van der Waals surface area contributed by atoms with Crippen LogP contribution in [0.25, 0.3) is 0 Å². The molecule has 134 valence electrons. The average Bonchev–Trinajstić information content (AvgIpc) is 2.85. The fourth-order valence-corrected chi connectivity index (χ4v) is 4.36. The topological polar surface area (TPSA) is 53.9 Å². The SMILES string of the molecule is CONC(=O)c1ccc2c(c1)N=C(N1CCCCC1)c1ccccc1S2. The summed E-state index contributed by atoms with van der Waals surface area (Å²) in [6, 6.07) is 14.0. The van der Waals surface area contributed by atoms with E-state index in [9.17, 15) is 4.79 Å². The van der Waals surface area contributed by atoms with E-state index in [4.69, 9.17) is 9.83 Å². The van der Waals surface area contributed by atoms with Crippen LogP contribution in [-0.2, 0) is 4.84 Å². The normalized spacial score (nSPS) is 16.2. The zero-order chi connectivity index (χ0) is 17.9. The van der Waals surface area contributed by atoms with E-state index in [1.54, 1.807) is 11.8 Å². The van der Waals surface area contributed by atoms with Crippen molar-refractivity contribution in [2.75, 3.05) is 20.2 Å². The number of rotatable bonds is 2. The monoisotopic (exact) mass is 367 g/mol. The molecule has 0 saturated carbocycles. The smallest absolute Gasteiger partial charge is 0.274 e. The van der Waals surface area contributed by atoms with E-state index in [1.807, 2.05) is 18.2 Å². The number of fused-ring (bicyclic) bond motifs is 2. The lowest BCUT2D eigenvalue weighted by atomic mass is 10.1. The molecule has 0 atom stereocenters. The molecule has 0 radical (unpaired) electrons. The number of aliphatic imine (C=N–C) groups is 1. The van der Waals surface area contributed by atoms with Gasteiger partial charge in [-0.3, -0.25) is 9.63 Å². The minimum Gasteiger partial charge on any atom is -0.356 e. The first kappa shape index (κ1) is 17.1. The van der Waals surface area contributed by atoms with Gasteiger partial charge in [-0.1, -0.05) is 30.0 Å². The standard InChI is InChI=1S/C20H21N3O2S/c1-25-22-20(24)14-9-10-18-16(13-14)21-19(23-11-5-2-6-12-23)15-7-3-4-8-17(15)26-18/h3-4,7-10,13H,2,5-6,11-12H2,1H3,(H,22,24). The first-order valence-electron chi connectivity index (χ1n) is 8.84. The predicted octanol–water partition coefficient (Wildman–Crippen LogP) is 4.01. The summed E-state index contributed by atoms with van der Waals surface area (Å²) in [6.07, 6.45) is 3.66. The van der Waals surface area contributed by atoms with Gasteiger partial charge in [-0.05, 0) is 43.5 Å². The minimum atomic E-state index is -0.267. The van der Waals surface area contributed by atoms with Crippen LogP contribution in [0.3, 0.4) is 0 Å². The zero-order valence-electron chi connectivity index (χ0n) is 14.7. The van der Waals surface area contributed by atoms with Crippen LogP contribution in [0, 0.1) is 0 Å². The van der Waals surface area contributed by atoms with Crippen molar-refractivity contribution in [1.29, 1.82) is 0 Å². The Labute approximate surface area is 157 Å². The van der Waals surface area contributed by atoms with Crippen LogP contribution in [0.4, 0.5) is 5.69 Å². The van der Waals surface area contributed by atoms with Crippen LogP contribution in [0.1, 0.15) is 35.2 Å². The van der Waals surface area contributed by atoms with E-state index in [1.165, 1.54) is 36.8 Å². The Balaban J connectivity index is 1.80. The fraction of sp³-hybridized carbons (Fsp3) is 0.300. The number of piperidine rings is 1. The number of carbonyl (C=O) groups is 1. The fourth-order valence-electron chi connectivity index (χ4n) is 3.36. The number of hydroxylamine groups is 1. The molecule has 0 spiro atoms. The lowest BCUT2D eigenvalue weighted by Crippen LogP contribution is -2.36. The number of amides is 1. The number of benzene rings is 2. The van der Waals surface area contributed by atoms with E-state index in [0.29, 0.717) is 5.56 Å². The van der Waals surface area contributed by atoms with Crippen molar-refractivity contribution in [3.63, 3.8) is 0 Å². The Bertz CT molecular complexity index is 860. The van der Waals surface area contributed by atoms with Gasteiger partial charge in [-0.25, -0.2) is 10.5 Å². The third-order valence-electron chi connectivity index (χ3n) is 4.65. The largest absolute Gasteiger partial charge is 0.356 e. The zero-order valence-corrected chi connectivity index (χ0v) is 15.5. The second-order valence-electron chi connectivity index (χ2n) is 6.40. The van der Waals surface area contributed by atoms with Crippen LogP contribution in [0.5, 0.6) is 0 Å². The van der Waals surface area contributed by atoms with Crippen molar-refractivity contribution < 1.29 is 9.63 Å². The number of amidine groups is 1. The second kappa shape index (κ2) is 7.51. The molecule has 2 aliphatic heterocycles. The van der Waals surface area contributed by atoms with E-state index in [-0.39, 0.29) is 5.91 Å². The summed E-state index contributed by atoms with van der Waals surface area (Å²) < 4.78 is 0. The van der Waals surface area contributed by atoms with Gasteiger partial charge in [0.1, 0.15) is 5.84 Å². The summed E-state index contributed by atoms with van der Waals surface area (Å²) >= 11 is 1.70. The lowest BCUT2D eigenvalue weighted by molar-refractivity contribution is 0.0537. The molecule has 2 aromatic carbocycles. The van der Waals surface area contributed by atoms with Gasteiger partial charge >= 0.3 is 0 Å². The molecule has 0 unspecified atom stereocenters. The first-order chi connectivity index (χ1) is 12.8. The summed E-state index contributed by atoms with van der Waals surface area (Å²) in [5, 5.41) is 0. The third kappa shape index (κ3) is 3.34. The second-order valence-corrected chi connectivity index (χ2v) is 7.48. The maximum Gasteiger partial charge on any atom is 0.274 e. The van der Waals surface area contributed by atoms with Gasteiger partial charge in [0.15, 0.2) is 0 Å². The number of hydrogen-bond donors (Lipinski definition) is 1. The van der Waals surface area contributed by atoms with Gasteiger partial charge in [0, 0.05) is 34.0 Å². The van der Waals surface area contributed by atoms with Crippen LogP contribution >= 0.6 is 11.8 Å². The minimum absolute atomic E-state index is 0.267. The Hall–Kier alpha value is -2.31. The number of nitrogens with zero attached hydrogens (tertiary/aromatic N) is 2. The van der Waals surface area contributed by atoms with Gasteiger partial charge in [-0.2, -0.15) is 0 Å². The molecule has 0 bridgehead atoms. The van der Waals surface area contributed by atoms with Crippen molar-refractivity contribution in [1.82, 2.24) is 10.4 Å². The van der Waals surface area contributed by atoms with Gasteiger partial charge < -0.3 is 4.90 Å². The van der Waals surface area contributed by atoms with Crippen LogP contribution in [0.15, 0.2) is 57.2 Å². The summed E-state index contributed by atoms with van der Waals surface area (Å²) in [5.74, 6) is 0.743. The molecule has 0 aliphatic carbocycles. The molecule has 1 saturated heterocycles. The first-order valence-corrected chi connectivity index (χ1v) is 9.66. The molecule has 0 aromatic heterocycles. The van der Waals surface area contributed by atoms with E-state index < -0.39 is 0 Å². The molecule has 2 heterocycles. The third-order valence-corrected chi connectivity index (χ3v) is 5.79.